The number of nitrogens with one attached hydrogen (secondary N) is 2. The highest BCUT2D eigenvalue weighted by molar-refractivity contribution is 6.31. The molecule has 1 aliphatic carbocycles. The first-order valence-corrected chi connectivity index (χ1v) is 8.94. The number of carbonyl (C=O) groups excluding carboxylic acids is 4. The van der Waals surface area contributed by atoms with Gasteiger partial charge in [0.2, 0.25) is 0 Å². The lowest BCUT2D eigenvalue weighted by molar-refractivity contribution is -0.150. The quantitative estimate of drug-likeness (QED) is 0.567. The van der Waals surface area contributed by atoms with Crippen LogP contribution < -0.4 is 10.6 Å². The topological polar surface area (TPSA) is 105 Å². The first-order chi connectivity index (χ1) is 12.7. The van der Waals surface area contributed by atoms with Crippen molar-refractivity contribution in [1.29, 1.82) is 0 Å². The maximum Gasteiger partial charge on any atom is 0.326 e. The van der Waals surface area contributed by atoms with Crippen LogP contribution in [0.25, 0.3) is 0 Å². The predicted molar refractivity (Wildman–Crippen MR) is 97.2 cm³/mol. The summed E-state index contributed by atoms with van der Waals surface area (Å²) in [5, 5.41) is 5.70. The van der Waals surface area contributed by atoms with Gasteiger partial charge in [-0.1, -0.05) is 17.7 Å². The molecule has 0 unspecified atom stereocenters. The zero-order valence-corrected chi connectivity index (χ0v) is 15.8. The molecule has 144 valence electrons. The number of aryl methyl sites for hydroxylation is 1. The number of benzene rings is 1. The van der Waals surface area contributed by atoms with Gasteiger partial charge in [0, 0.05) is 10.7 Å². The fourth-order valence-corrected chi connectivity index (χ4v) is 3.17. The molecule has 2 N–H and O–H groups in total. The van der Waals surface area contributed by atoms with Crippen molar-refractivity contribution in [2.24, 2.45) is 5.92 Å². The number of imide groups is 1. The molecule has 9 heteroatoms. The van der Waals surface area contributed by atoms with Crippen LogP contribution in [0.3, 0.4) is 0 Å². The number of hydrogen-bond acceptors (Lipinski definition) is 5. The van der Waals surface area contributed by atoms with Crippen LogP contribution in [-0.2, 0) is 19.1 Å². The Morgan fingerprint density at radius 1 is 1.37 bits per heavy atom. The Morgan fingerprint density at radius 2 is 2.07 bits per heavy atom. The molecule has 1 aromatic carbocycles. The van der Waals surface area contributed by atoms with E-state index in [1.807, 2.05) is 6.92 Å². The molecule has 1 saturated heterocycles. The van der Waals surface area contributed by atoms with Crippen LogP contribution in [0, 0.1) is 12.8 Å². The van der Waals surface area contributed by atoms with Crippen molar-refractivity contribution < 1.29 is 23.9 Å². The summed E-state index contributed by atoms with van der Waals surface area (Å²) >= 11 is 5.98. The summed E-state index contributed by atoms with van der Waals surface area (Å²) in [5.41, 5.74) is 0.383. The number of nitrogens with zero attached hydrogens (tertiary/aromatic N) is 1. The zero-order chi connectivity index (χ0) is 19.8. The minimum atomic E-state index is -0.959. The van der Waals surface area contributed by atoms with Crippen LogP contribution in [-0.4, -0.2) is 47.4 Å². The minimum absolute atomic E-state index is 0.0991. The predicted octanol–water partition coefficient (Wildman–Crippen LogP) is 1.85. The molecule has 2 fully saturated rings. The van der Waals surface area contributed by atoms with Crippen LogP contribution >= 0.6 is 11.6 Å². The number of urea groups is 1. The van der Waals surface area contributed by atoms with Gasteiger partial charge in [-0.15, -0.1) is 0 Å². The minimum Gasteiger partial charge on any atom is -0.454 e. The van der Waals surface area contributed by atoms with E-state index >= 15 is 0 Å². The number of anilines is 1. The number of rotatable bonds is 6. The van der Waals surface area contributed by atoms with E-state index < -0.39 is 42.5 Å². The summed E-state index contributed by atoms with van der Waals surface area (Å²) in [6, 6.07) is 4.39. The van der Waals surface area contributed by atoms with Crippen molar-refractivity contribution in [3.05, 3.63) is 28.8 Å². The lowest BCUT2D eigenvalue weighted by Crippen LogP contribution is -2.46. The van der Waals surface area contributed by atoms with E-state index in [1.54, 1.807) is 25.1 Å². The molecule has 0 spiro atoms. The van der Waals surface area contributed by atoms with Gasteiger partial charge in [0.15, 0.2) is 6.61 Å². The van der Waals surface area contributed by atoms with Crippen LogP contribution in [0.4, 0.5) is 10.5 Å². The molecule has 1 aliphatic heterocycles. The maximum atomic E-state index is 12.4. The van der Waals surface area contributed by atoms with Crippen LogP contribution in [0.1, 0.15) is 25.3 Å². The highest BCUT2D eigenvalue weighted by Gasteiger charge is 2.56. The second-order valence-electron chi connectivity index (χ2n) is 6.97. The second-order valence-corrected chi connectivity index (χ2v) is 7.38. The van der Waals surface area contributed by atoms with Gasteiger partial charge in [0.05, 0.1) is 0 Å². The average molecular weight is 394 g/mol. The molecule has 0 radical (unpaired) electrons. The van der Waals surface area contributed by atoms with E-state index in [0.29, 0.717) is 10.7 Å². The number of amides is 4. The molecule has 1 aromatic rings. The monoisotopic (exact) mass is 393 g/mol. The fraction of sp³-hybridized carbons (Fsp3) is 0.444. The summed E-state index contributed by atoms with van der Waals surface area (Å²) < 4.78 is 4.88. The first-order valence-electron chi connectivity index (χ1n) is 8.56. The number of halogens is 1. The van der Waals surface area contributed by atoms with Crippen molar-refractivity contribution in [2.45, 2.75) is 32.2 Å². The summed E-state index contributed by atoms with van der Waals surface area (Å²) in [6.45, 7) is 2.43. The molecule has 1 atom stereocenters. The Labute approximate surface area is 161 Å². The van der Waals surface area contributed by atoms with E-state index in [0.717, 1.165) is 23.3 Å². The lowest BCUT2D eigenvalue weighted by atomic mass is 9.96. The van der Waals surface area contributed by atoms with Crippen molar-refractivity contribution in [1.82, 2.24) is 10.2 Å². The number of hydrogen-bond donors (Lipinski definition) is 2. The molecule has 1 saturated carbocycles. The smallest absolute Gasteiger partial charge is 0.326 e. The summed E-state index contributed by atoms with van der Waals surface area (Å²) in [4.78, 5) is 49.1. The van der Waals surface area contributed by atoms with Crippen molar-refractivity contribution in [3.63, 3.8) is 0 Å². The van der Waals surface area contributed by atoms with Crippen molar-refractivity contribution in [3.8, 4) is 0 Å². The third-order valence-corrected chi connectivity index (χ3v) is 5.21. The normalized spacial score (nSPS) is 21.8. The van der Waals surface area contributed by atoms with Gasteiger partial charge in [-0.25, -0.2) is 4.79 Å². The Morgan fingerprint density at radius 3 is 2.70 bits per heavy atom. The van der Waals surface area contributed by atoms with Gasteiger partial charge < -0.3 is 15.4 Å². The molecule has 0 bridgehead atoms. The fourth-order valence-electron chi connectivity index (χ4n) is 2.99. The van der Waals surface area contributed by atoms with Crippen molar-refractivity contribution >= 4 is 41.1 Å². The van der Waals surface area contributed by atoms with Gasteiger partial charge in [-0.2, -0.15) is 0 Å². The van der Waals surface area contributed by atoms with E-state index in [9.17, 15) is 19.2 Å². The molecular weight excluding hydrogens is 374 g/mol. The Hall–Kier alpha value is -2.61. The van der Waals surface area contributed by atoms with Gasteiger partial charge in [-0.05, 0) is 50.3 Å². The SMILES string of the molecule is Cc1ccc(NC(=O)COC(=O)CN2C(=O)N[C@@](C)(C3CC3)C2=O)cc1Cl. The Bertz CT molecular complexity index is 823. The van der Waals surface area contributed by atoms with E-state index in [1.165, 1.54) is 0 Å². The average Bonchev–Trinajstić information content (AvgIpc) is 3.43. The third kappa shape index (κ3) is 4.05. The largest absolute Gasteiger partial charge is 0.454 e. The Kier molecular flexibility index (Phi) is 5.10. The van der Waals surface area contributed by atoms with Crippen LogP contribution in [0.5, 0.6) is 0 Å². The molecule has 2 aliphatic rings. The molecule has 3 rings (SSSR count). The second kappa shape index (κ2) is 7.19. The number of ether oxygens (including phenoxy) is 1. The summed E-state index contributed by atoms with van der Waals surface area (Å²) in [5.74, 6) is -1.73. The van der Waals surface area contributed by atoms with E-state index in [4.69, 9.17) is 16.3 Å². The highest BCUT2D eigenvalue weighted by atomic mass is 35.5. The molecular formula is C18H20ClN3O5. The molecule has 1 heterocycles. The summed E-state index contributed by atoms with van der Waals surface area (Å²) in [6.07, 6.45) is 1.73. The van der Waals surface area contributed by atoms with E-state index in [2.05, 4.69) is 10.6 Å². The van der Waals surface area contributed by atoms with Crippen LogP contribution in [0.2, 0.25) is 5.02 Å². The molecule has 27 heavy (non-hydrogen) atoms. The number of carbonyl (C=O) groups is 4. The molecule has 4 amide bonds. The first kappa shape index (κ1) is 19.2. The van der Waals surface area contributed by atoms with Crippen molar-refractivity contribution in [2.75, 3.05) is 18.5 Å². The highest BCUT2D eigenvalue weighted by Crippen LogP contribution is 2.42. The van der Waals surface area contributed by atoms with Gasteiger partial charge in [-0.3, -0.25) is 19.3 Å². The van der Waals surface area contributed by atoms with Gasteiger partial charge >= 0.3 is 12.0 Å². The van der Waals surface area contributed by atoms with Gasteiger partial charge in [0.25, 0.3) is 11.8 Å². The zero-order valence-electron chi connectivity index (χ0n) is 15.0. The third-order valence-electron chi connectivity index (χ3n) is 4.80. The van der Waals surface area contributed by atoms with Crippen LogP contribution in [0.15, 0.2) is 18.2 Å². The molecule has 8 nitrogen and oxygen atoms in total. The molecule has 0 aromatic heterocycles. The maximum absolute atomic E-state index is 12.4. The standard InChI is InChI=1S/C18H20ClN3O5/c1-10-3-6-12(7-13(10)19)20-14(23)9-27-15(24)8-22-16(25)18(2,11-4-5-11)21-17(22)26/h3,6-7,11H,4-5,8-9H2,1-2H3,(H,20,23)(H,21,26)/t18-/m0/s1. The lowest BCUT2D eigenvalue weighted by Gasteiger charge is -2.20. The number of esters is 1. The summed E-state index contributed by atoms with van der Waals surface area (Å²) in [7, 11) is 0. The van der Waals surface area contributed by atoms with Gasteiger partial charge in [0.1, 0.15) is 12.1 Å². The van der Waals surface area contributed by atoms with E-state index in [-0.39, 0.29) is 5.92 Å². The Balaban J connectivity index is 1.49.